The van der Waals surface area contributed by atoms with Crippen LogP contribution < -0.4 is 0 Å². The molecule has 0 bridgehead atoms. The van der Waals surface area contributed by atoms with Crippen LogP contribution in [0.3, 0.4) is 0 Å². The van der Waals surface area contributed by atoms with Gasteiger partial charge in [0, 0.05) is 0 Å². The second kappa shape index (κ2) is 30.2. The third-order valence-electron chi connectivity index (χ3n) is 2.02. The largest absolute Gasteiger partial charge is 0.0654 e. The molecule has 0 saturated carbocycles. The first-order valence-corrected chi connectivity index (χ1v) is 8.33. The van der Waals surface area contributed by atoms with Crippen LogP contribution >= 0.6 is 0 Å². The molecule has 0 N–H and O–H groups in total. The van der Waals surface area contributed by atoms with Crippen molar-refractivity contribution in [3.8, 4) is 0 Å². The van der Waals surface area contributed by atoms with Gasteiger partial charge in [-0.2, -0.15) is 0 Å². The van der Waals surface area contributed by atoms with Crippen molar-refractivity contribution in [1.29, 1.82) is 0 Å². The van der Waals surface area contributed by atoms with E-state index in [2.05, 4.69) is 69.2 Å². The van der Waals surface area contributed by atoms with Gasteiger partial charge in [0.15, 0.2) is 0 Å². The van der Waals surface area contributed by atoms with Gasteiger partial charge in [-0.1, -0.05) is 108 Å². The maximum absolute atomic E-state index is 2.22. The van der Waals surface area contributed by atoms with E-state index in [0.29, 0.717) is 0 Å². The molecule has 0 heterocycles. The molecule has 0 spiro atoms. The number of hydrogen-bond acceptors (Lipinski definition) is 0. The highest BCUT2D eigenvalue weighted by molar-refractivity contribution is 4.32. The Morgan fingerprint density at radius 2 is 0.778 bits per heavy atom. The zero-order valence-corrected chi connectivity index (χ0v) is 15.4. The van der Waals surface area contributed by atoms with E-state index in [0.717, 1.165) is 11.8 Å². The van der Waals surface area contributed by atoms with Crippen LogP contribution in [0, 0.1) is 11.8 Å². The van der Waals surface area contributed by atoms with Gasteiger partial charge in [0.2, 0.25) is 0 Å². The summed E-state index contributed by atoms with van der Waals surface area (Å²) in [6.45, 7) is 21.9. The first-order valence-electron chi connectivity index (χ1n) is 8.33. The maximum Gasteiger partial charge on any atom is -0.0474 e. The van der Waals surface area contributed by atoms with Crippen LogP contribution in [0.1, 0.15) is 108 Å². The van der Waals surface area contributed by atoms with Gasteiger partial charge in [-0.25, -0.2) is 0 Å². The molecular formula is C18H44. The molecule has 0 unspecified atom stereocenters. The van der Waals surface area contributed by atoms with Crippen LogP contribution in [-0.2, 0) is 0 Å². The second-order valence-electron chi connectivity index (χ2n) is 5.89. The van der Waals surface area contributed by atoms with E-state index in [1.54, 1.807) is 0 Å². The van der Waals surface area contributed by atoms with Crippen molar-refractivity contribution in [1.82, 2.24) is 0 Å². The Morgan fingerprint density at radius 1 is 0.556 bits per heavy atom. The third kappa shape index (κ3) is 144. The van der Waals surface area contributed by atoms with Gasteiger partial charge in [0.05, 0.1) is 0 Å². The predicted octanol–water partition coefficient (Wildman–Crippen LogP) is 7.72. The van der Waals surface area contributed by atoms with Crippen molar-refractivity contribution in [3.05, 3.63) is 0 Å². The average Bonchev–Trinajstić information content (AvgIpc) is 2.30. The van der Waals surface area contributed by atoms with Crippen molar-refractivity contribution in [2.24, 2.45) is 11.8 Å². The molecule has 0 aromatic rings. The molecule has 0 rings (SSSR count). The highest BCUT2D eigenvalue weighted by Gasteiger charge is 1.80. The summed E-state index contributed by atoms with van der Waals surface area (Å²) in [5, 5.41) is 0. The topological polar surface area (TPSA) is 0 Å². The smallest absolute Gasteiger partial charge is 0.0474 e. The van der Waals surface area contributed by atoms with Crippen molar-refractivity contribution >= 4 is 0 Å². The van der Waals surface area contributed by atoms with Gasteiger partial charge in [-0.15, -0.1) is 0 Å². The van der Waals surface area contributed by atoms with E-state index in [1.165, 1.54) is 38.5 Å². The second-order valence-corrected chi connectivity index (χ2v) is 5.89. The molecule has 0 aliphatic rings. The summed E-state index contributed by atoms with van der Waals surface area (Å²) in [5.41, 5.74) is 0. The molecule has 0 aromatic carbocycles. The molecule has 0 radical (unpaired) electrons. The zero-order valence-electron chi connectivity index (χ0n) is 15.4. The Kier molecular flexibility index (Phi) is 44.6. The Morgan fingerprint density at radius 3 is 0.778 bits per heavy atom. The Balaban J connectivity index is -0.0000000731. The van der Waals surface area contributed by atoms with Gasteiger partial charge >= 0.3 is 0 Å². The third-order valence-corrected chi connectivity index (χ3v) is 2.02. The van der Waals surface area contributed by atoms with Crippen molar-refractivity contribution in [3.63, 3.8) is 0 Å². The zero-order chi connectivity index (χ0) is 15.4. The first-order chi connectivity index (χ1) is 8.33. The molecule has 0 saturated heterocycles. The van der Waals surface area contributed by atoms with Crippen molar-refractivity contribution in [2.45, 2.75) is 108 Å². The number of rotatable bonds is 4. The monoisotopic (exact) mass is 260 g/mol. The highest BCUT2D eigenvalue weighted by Crippen LogP contribution is 1.93. The maximum atomic E-state index is 2.22. The summed E-state index contributed by atoms with van der Waals surface area (Å²) < 4.78 is 0. The lowest BCUT2D eigenvalue weighted by Gasteiger charge is -1.90. The van der Waals surface area contributed by atoms with E-state index < -0.39 is 0 Å². The summed E-state index contributed by atoms with van der Waals surface area (Å²) in [7, 11) is 0. The molecule has 0 aliphatic carbocycles. The van der Waals surface area contributed by atoms with Crippen LogP contribution in [-0.4, -0.2) is 0 Å². The lowest BCUT2D eigenvalue weighted by Crippen LogP contribution is -1.77. The van der Waals surface area contributed by atoms with Gasteiger partial charge < -0.3 is 0 Å². The van der Waals surface area contributed by atoms with E-state index in [4.69, 9.17) is 0 Å². The first kappa shape index (κ1) is 26.5. The summed E-state index contributed by atoms with van der Waals surface area (Å²) >= 11 is 0. The summed E-state index contributed by atoms with van der Waals surface area (Å²) in [5.74, 6) is 1.72. The van der Waals surface area contributed by atoms with E-state index in [-0.39, 0.29) is 0 Å². The Labute approximate surface area is 120 Å². The standard InChI is InChI=1S/2C5H12.2C4H10/c1-4-5(2)3;1-3-5-4-2;1-4(2)3;1-3-4-2/h5H,4H2,1-3H3;3-5H2,1-2H3;4H,1-3H3;3-4H2,1-2H3. The molecule has 0 aromatic heterocycles. The van der Waals surface area contributed by atoms with E-state index >= 15 is 0 Å². The minimum Gasteiger partial charge on any atom is -0.0654 e. The molecule has 0 nitrogen and oxygen atoms in total. The predicted molar refractivity (Wildman–Crippen MR) is 91.4 cm³/mol. The van der Waals surface area contributed by atoms with Crippen LogP contribution in [0.2, 0.25) is 0 Å². The normalized spacial score (nSPS) is 8.67. The average molecular weight is 261 g/mol. The molecule has 0 amide bonds. The highest BCUT2D eigenvalue weighted by atomic mass is 13.9. The molecule has 0 heteroatoms. The Hall–Kier alpha value is 0. The van der Waals surface area contributed by atoms with Gasteiger partial charge in [-0.05, 0) is 11.8 Å². The van der Waals surface area contributed by atoms with Crippen LogP contribution in [0.25, 0.3) is 0 Å². The quantitative estimate of drug-likeness (QED) is 0.485. The summed E-state index contributed by atoms with van der Waals surface area (Å²) in [4.78, 5) is 0. The Bertz CT molecular complexity index is 75.3. The number of hydrogen-bond donors (Lipinski definition) is 0. The molecule has 0 atom stereocenters. The lowest BCUT2D eigenvalue weighted by atomic mass is 10.2. The van der Waals surface area contributed by atoms with Gasteiger partial charge in [0.1, 0.15) is 0 Å². The fourth-order valence-corrected chi connectivity index (χ4v) is 0.354. The van der Waals surface area contributed by atoms with Gasteiger partial charge in [-0.3, -0.25) is 0 Å². The molecular weight excluding hydrogens is 216 g/mol. The molecule has 0 fully saturated rings. The lowest BCUT2D eigenvalue weighted by molar-refractivity contribution is 0.626. The van der Waals surface area contributed by atoms with Crippen LogP contribution in [0.5, 0.6) is 0 Å². The fourth-order valence-electron chi connectivity index (χ4n) is 0.354. The molecule has 18 heavy (non-hydrogen) atoms. The van der Waals surface area contributed by atoms with Gasteiger partial charge in [0.25, 0.3) is 0 Å². The molecule has 116 valence electrons. The van der Waals surface area contributed by atoms with Crippen molar-refractivity contribution < 1.29 is 0 Å². The van der Waals surface area contributed by atoms with Crippen LogP contribution in [0.15, 0.2) is 0 Å². The van der Waals surface area contributed by atoms with E-state index in [9.17, 15) is 0 Å². The van der Waals surface area contributed by atoms with E-state index in [1.807, 2.05) is 0 Å². The summed E-state index contributed by atoms with van der Waals surface area (Å²) in [6, 6.07) is 0. The SMILES string of the molecule is CC(C)C.CCC(C)C.CCCC.CCCCC. The number of unbranched alkanes of at least 4 members (excludes halogenated alkanes) is 3. The van der Waals surface area contributed by atoms with Crippen LogP contribution in [0.4, 0.5) is 0 Å². The summed E-state index contributed by atoms with van der Waals surface area (Å²) in [6.07, 6.45) is 8.02. The molecule has 0 aliphatic heterocycles. The minimum atomic E-state index is 0.833. The fraction of sp³-hybridized carbons (Fsp3) is 1.00. The minimum absolute atomic E-state index is 0.833. The van der Waals surface area contributed by atoms with Crippen molar-refractivity contribution in [2.75, 3.05) is 0 Å².